The summed E-state index contributed by atoms with van der Waals surface area (Å²) >= 11 is 1.79. The fourth-order valence-electron chi connectivity index (χ4n) is 3.58. The molecule has 1 aliphatic rings. The molecule has 1 aliphatic heterocycles. The van der Waals surface area contributed by atoms with Gasteiger partial charge in [0.1, 0.15) is 18.2 Å². The highest BCUT2D eigenvalue weighted by Gasteiger charge is 2.23. The largest absolute Gasteiger partial charge is 0.489 e. The average Bonchev–Trinajstić information content (AvgIpc) is 3.48. The van der Waals surface area contributed by atoms with Gasteiger partial charge in [0.05, 0.1) is 11.4 Å². The minimum atomic E-state index is 0.573. The second-order valence-electron chi connectivity index (χ2n) is 6.89. The Labute approximate surface area is 168 Å². The van der Waals surface area contributed by atoms with Crippen molar-refractivity contribution in [2.45, 2.75) is 19.4 Å². The molecule has 140 valence electrons. The number of aromatic nitrogens is 2. The van der Waals surface area contributed by atoms with Gasteiger partial charge in [-0.15, -0.1) is 11.3 Å². The van der Waals surface area contributed by atoms with Gasteiger partial charge in [0.25, 0.3) is 0 Å². The molecule has 0 radical (unpaired) electrons. The van der Waals surface area contributed by atoms with Gasteiger partial charge in [0, 0.05) is 23.4 Å². The number of benzene rings is 2. The number of hydrogen-bond acceptors (Lipinski definition) is 4. The fourth-order valence-corrected chi connectivity index (χ4v) is 4.29. The summed E-state index contributed by atoms with van der Waals surface area (Å²) in [6, 6.07) is 22.7. The van der Waals surface area contributed by atoms with Crippen molar-refractivity contribution in [3.05, 3.63) is 93.8 Å². The minimum Gasteiger partial charge on any atom is -0.489 e. The van der Waals surface area contributed by atoms with Crippen molar-refractivity contribution in [2.75, 3.05) is 11.9 Å². The van der Waals surface area contributed by atoms with Crippen molar-refractivity contribution < 1.29 is 4.74 Å². The molecule has 0 aliphatic carbocycles. The third kappa shape index (κ3) is 3.41. The molecule has 0 saturated heterocycles. The van der Waals surface area contributed by atoms with Crippen LogP contribution in [0.3, 0.4) is 0 Å². The molecule has 0 fully saturated rings. The summed E-state index contributed by atoms with van der Waals surface area (Å²) < 4.78 is 7.94. The second kappa shape index (κ2) is 7.52. The average molecular weight is 388 g/mol. The highest BCUT2D eigenvalue weighted by atomic mass is 32.1. The van der Waals surface area contributed by atoms with Gasteiger partial charge >= 0.3 is 0 Å². The summed E-state index contributed by atoms with van der Waals surface area (Å²) in [4.78, 5) is 1.35. The van der Waals surface area contributed by atoms with Crippen LogP contribution < -0.4 is 10.1 Å². The second-order valence-corrected chi connectivity index (χ2v) is 7.92. The van der Waals surface area contributed by atoms with E-state index in [-0.39, 0.29) is 0 Å². The Morgan fingerprint density at radius 1 is 1.00 bits per heavy atom. The summed E-state index contributed by atoms with van der Waals surface area (Å²) in [7, 11) is 0. The molecule has 5 rings (SSSR count). The Balaban J connectivity index is 1.36. The van der Waals surface area contributed by atoms with Gasteiger partial charge in [-0.3, -0.25) is 0 Å². The van der Waals surface area contributed by atoms with Crippen molar-refractivity contribution >= 4 is 17.2 Å². The molecule has 28 heavy (non-hydrogen) atoms. The number of anilines is 1. The van der Waals surface area contributed by atoms with E-state index in [9.17, 15) is 0 Å². The van der Waals surface area contributed by atoms with E-state index in [2.05, 4.69) is 47.1 Å². The molecular formula is C23H21N3OS. The van der Waals surface area contributed by atoms with Crippen molar-refractivity contribution in [2.24, 2.45) is 0 Å². The lowest BCUT2D eigenvalue weighted by Crippen LogP contribution is -2.05. The maximum atomic E-state index is 5.91. The Bertz CT molecular complexity index is 1050. The highest BCUT2D eigenvalue weighted by molar-refractivity contribution is 7.09. The van der Waals surface area contributed by atoms with E-state index in [1.54, 1.807) is 11.3 Å². The summed E-state index contributed by atoms with van der Waals surface area (Å²) in [5.74, 6) is 1.99. The SMILES string of the molecule is c1ccc(COc2ccc(-n3nc(Cc4cccs4)c4c3NCC4)cc2)cc1. The molecular weight excluding hydrogens is 366 g/mol. The molecule has 0 spiro atoms. The van der Waals surface area contributed by atoms with Gasteiger partial charge in [0.2, 0.25) is 0 Å². The fraction of sp³-hybridized carbons (Fsp3) is 0.174. The van der Waals surface area contributed by atoms with Gasteiger partial charge in [-0.25, -0.2) is 4.68 Å². The summed E-state index contributed by atoms with van der Waals surface area (Å²) in [5.41, 5.74) is 4.73. The van der Waals surface area contributed by atoms with Crippen LogP contribution in [0.25, 0.3) is 5.69 Å². The number of nitrogens with one attached hydrogen (secondary N) is 1. The van der Waals surface area contributed by atoms with Crippen LogP contribution in [-0.2, 0) is 19.4 Å². The minimum absolute atomic E-state index is 0.573. The van der Waals surface area contributed by atoms with Crippen LogP contribution in [0.4, 0.5) is 5.82 Å². The third-order valence-corrected chi connectivity index (χ3v) is 5.86. The molecule has 0 amide bonds. The van der Waals surface area contributed by atoms with Crippen LogP contribution in [-0.4, -0.2) is 16.3 Å². The predicted octanol–water partition coefficient (Wildman–Crippen LogP) is 5.07. The number of nitrogens with zero attached hydrogens (tertiary/aromatic N) is 2. The molecule has 3 heterocycles. The van der Waals surface area contributed by atoms with Crippen molar-refractivity contribution in [1.29, 1.82) is 0 Å². The lowest BCUT2D eigenvalue weighted by Gasteiger charge is -2.09. The zero-order valence-corrected chi connectivity index (χ0v) is 16.3. The Morgan fingerprint density at radius 2 is 1.86 bits per heavy atom. The predicted molar refractivity (Wildman–Crippen MR) is 114 cm³/mol. The Kier molecular flexibility index (Phi) is 4.59. The maximum Gasteiger partial charge on any atom is 0.133 e. The van der Waals surface area contributed by atoms with E-state index < -0.39 is 0 Å². The normalized spacial score (nSPS) is 12.6. The number of ether oxygens (including phenoxy) is 1. The first-order valence-electron chi connectivity index (χ1n) is 9.51. The molecule has 0 bridgehead atoms. The van der Waals surface area contributed by atoms with E-state index in [4.69, 9.17) is 9.84 Å². The van der Waals surface area contributed by atoms with Crippen LogP contribution >= 0.6 is 11.3 Å². The van der Waals surface area contributed by atoms with E-state index >= 15 is 0 Å². The summed E-state index contributed by atoms with van der Waals surface area (Å²) in [5, 5.41) is 10.5. The number of hydrogen-bond donors (Lipinski definition) is 1. The quantitative estimate of drug-likeness (QED) is 0.502. The molecule has 2 aromatic carbocycles. The molecule has 4 aromatic rings. The lowest BCUT2D eigenvalue weighted by atomic mass is 10.1. The van der Waals surface area contributed by atoms with Crippen LogP contribution in [0, 0.1) is 0 Å². The maximum absolute atomic E-state index is 5.91. The molecule has 1 N–H and O–H groups in total. The molecule has 5 heteroatoms. The summed E-state index contributed by atoms with van der Waals surface area (Å²) in [6.45, 7) is 1.55. The molecule has 2 aromatic heterocycles. The van der Waals surface area contributed by atoms with Crippen molar-refractivity contribution in [3.8, 4) is 11.4 Å². The van der Waals surface area contributed by atoms with E-state index in [0.29, 0.717) is 6.61 Å². The molecule has 4 nitrogen and oxygen atoms in total. The molecule has 0 saturated carbocycles. The first-order valence-corrected chi connectivity index (χ1v) is 10.4. The number of fused-ring (bicyclic) bond motifs is 1. The van der Waals surface area contributed by atoms with Crippen LogP contribution in [0.15, 0.2) is 72.1 Å². The van der Waals surface area contributed by atoms with Gasteiger partial charge < -0.3 is 10.1 Å². The van der Waals surface area contributed by atoms with Gasteiger partial charge in [-0.2, -0.15) is 5.10 Å². The van der Waals surface area contributed by atoms with E-state index in [1.807, 2.05) is 35.0 Å². The molecule has 0 atom stereocenters. The van der Waals surface area contributed by atoms with Gasteiger partial charge in [-0.1, -0.05) is 36.4 Å². The van der Waals surface area contributed by atoms with Crippen molar-refractivity contribution in [3.63, 3.8) is 0 Å². The first kappa shape index (κ1) is 17.1. The highest BCUT2D eigenvalue weighted by Crippen LogP contribution is 2.31. The monoisotopic (exact) mass is 387 g/mol. The first-order chi connectivity index (χ1) is 13.9. The van der Waals surface area contributed by atoms with Gasteiger partial charge in [-0.05, 0) is 47.7 Å². The third-order valence-electron chi connectivity index (χ3n) is 4.99. The number of rotatable bonds is 6. The zero-order valence-electron chi connectivity index (χ0n) is 15.5. The topological polar surface area (TPSA) is 39.1 Å². The van der Waals surface area contributed by atoms with Crippen LogP contribution in [0.5, 0.6) is 5.75 Å². The van der Waals surface area contributed by atoms with Gasteiger partial charge in [0.15, 0.2) is 0 Å². The van der Waals surface area contributed by atoms with E-state index in [1.165, 1.54) is 21.7 Å². The Morgan fingerprint density at radius 3 is 2.64 bits per heavy atom. The smallest absolute Gasteiger partial charge is 0.133 e. The zero-order chi connectivity index (χ0) is 18.8. The number of thiophene rings is 1. The van der Waals surface area contributed by atoms with E-state index in [0.717, 1.165) is 36.6 Å². The Hall–Kier alpha value is -3.05. The van der Waals surface area contributed by atoms with Crippen molar-refractivity contribution in [1.82, 2.24) is 9.78 Å². The standard InChI is InChI=1S/C23H21N3OS/c1-2-5-17(6-3-1)16-27-19-10-8-18(9-11-19)26-23-21(12-13-24-23)22(25-26)15-20-7-4-14-28-20/h1-11,14,24H,12-13,15-16H2. The lowest BCUT2D eigenvalue weighted by molar-refractivity contribution is 0.306. The summed E-state index contributed by atoms with van der Waals surface area (Å²) in [6.07, 6.45) is 1.93. The molecule has 0 unspecified atom stereocenters. The van der Waals surface area contributed by atoms with Crippen LogP contribution in [0.2, 0.25) is 0 Å². The van der Waals surface area contributed by atoms with Crippen LogP contribution in [0.1, 0.15) is 21.7 Å².